The number of carbonyl (C=O) groups excluding carboxylic acids is 2. The van der Waals surface area contributed by atoms with Crippen molar-refractivity contribution in [1.82, 2.24) is 0 Å². The van der Waals surface area contributed by atoms with Crippen molar-refractivity contribution >= 4 is 28.2 Å². The van der Waals surface area contributed by atoms with E-state index in [-0.39, 0.29) is 11.9 Å². The Bertz CT molecular complexity index is 794. The number of hydrogen-bond donors (Lipinski definition) is 1. The molecule has 4 nitrogen and oxygen atoms in total. The van der Waals surface area contributed by atoms with Gasteiger partial charge < -0.3 is 10.1 Å². The lowest BCUT2D eigenvalue weighted by Gasteiger charge is -2.18. The molecule has 0 radical (unpaired) electrons. The summed E-state index contributed by atoms with van der Waals surface area (Å²) < 4.78 is 4.96. The Morgan fingerprint density at radius 3 is 2.75 bits per heavy atom. The zero-order valence-corrected chi connectivity index (χ0v) is 15.0. The molecule has 1 aliphatic carbocycles. The Hall–Kier alpha value is -2.14. The average Bonchev–Trinajstić information content (AvgIpc) is 2.91. The number of esters is 1. The van der Waals surface area contributed by atoms with Crippen molar-refractivity contribution in [2.24, 2.45) is 5.92 Å². The number of carbonyl (C=O) groups is 2. The fourth-order valence-electron chi connectivity index (χ4n) is 3.15. The van der Waals surface area contributed by atoms with Crippen molar-refractivity contribution in [2.45, 2.75) is 33.1 Å². The lowest BCUT2D eigenvalue weighted by molar-refractivity contribution is 0.0601. The number of anilines is 1. The first-order valence-electron chi connectivity index (χ1n) is 8.11. The van der Waals surface area contributed by atoms with Gasteiger partial charge in [0.2, 0.25) is 0 Å². The fraction of sp³-hybridized carbons (Fsp3) is 0.368. The highest BCUT2D eigenvalue weighted by Gasteiger charge is 2.29. The molecule has 1 heterocycles. The largest absolute Gasteiger partial charge is 0.465 e. The molecular formula is C19H21NO3S. The summed E-state index contributed by atoms with van der Waals surface area (Å²) in [4.78, 5) is 26.1. The van der Waals surface area contributed by atoms with Crippen LogP contribution in [0.15, 0.2) is 24.3 Å². The molecule has 1 N–H and O–H groups in total. The van der Waals surface area contributed by atoms with E-state index in [1.807, 2.05) is 25.1 Å². The summed E-state index contributed by atoms with van der Waals surface area (Å²) in [5.74, 6) is 0.0357. The van der Waals surface area contributed by atoms with Crippen LogP contribution in [-0.4, -0.2) is 19.0 Å². The Morgan fingerprint density at radius 2 is 2.04 bits per heavy atom. The second-order valence-electron chi connectivity index (χ2n) is 6.32. The molecule has 5 heteroatoms. The van der Waals surface area contributed by atoms with Crippen LogP contribution >= 0.6 is 11.3 Å². The quantitative estimate of drug-likeness (QED) is 0.849. The van der Waals surface area contributed by atoms with Crippen molar-refractivity contribution in [3.8, 4) is 0 Å². The molecule has 0 aliphatic heterocycles. The SMILES string of the molecule is COC(=O)c1c(NC(=O)c2ccccc2C)sc2c1CCC(C)C2. The highest BCUT2D eigenvalue weighted by Crippen LogP contribution is 2.40. The lowest BCUT2D eigenvalue weighted by atomic mass is 9.88. The fourth-order valence-corrected chi connectivity index (χ4v) is 4.55. The molecule has 3 rings (SSSR count). The van der Waals surface area contributed by atoms with Crippen molar-refractivity contribution in [3.63, 3.8) is 0 Å². The van der Waals surface area contributed by atoms with E-state index in [1.165, 1.54) is 23.3 Å². The summed E-state index contributed by atoms with van der Waals surface area (Å²) in [5, 5.41) is 3.54. The Balaban J connectivity index is 1.97. The smallest absolute Gasteiger partial charge is 0.341 e. The van der Waals surface area contributed by atoms with Gasteiger partial charge in [0.25, 0.3) is 5.91 Å². The summed E-state index contributed by atoms with van der Waals surface area (Å²) in [6, 6.07) is 7.43. The van der Waals surface area contributed by atoms with Crippen LogP contribution in [-0.2, 0) is 17.6 Å². The highest BCUT2D eigenvalue weighted by molar-refractivity contribution is 7.17. The monoisotopic (exact) mass is 343 g/mol. The maximum absolute atomic E-state index is 12.6. The number of nitrogens with one attached hydrogen (secondary N) is 1. The van der Waals surface area contributed by atoms with E-state index >= 15 is 0 Å². The minimum absolute atomic E-state index is 0.190. The van der Waals surface area contributed by atoms with Gasteiger partial charge >= 0.3 is 5.97 Å². The first kappa shape index (κ1) is 16.7. The molecule has 1 atom stereocenters. The minimum Gasteiger partial charge on any atom is -0.465 e. The molecule has 1 amide bonds. The molecule has 1 unspecified atom stereocenters. The van der Waals surface area contributed by atoms with Gasteiger partial charge in [-0.2, -0.15) is 0 Å². The second kappa shape index (κ2) is 6.77. The van der Waals surface area contributed by atoms with Gasteiger partial charge in [-0.25, -0.2) is 4.79 Å². The molecule has 0 saturated heterocycles. The molecule has 0 bridgehead atoms. The van der Waals surface area contributed by atoms with E-state index in [2.05, 4.69) is 12.2 Å². The lowest BCUT2D eigenvalue weighted by Crippen LogP contribution is -2.16. The third-order valence-corrected chi connectivity index (χ3v) is 5.69. The van der Waals surface area contributed by atoms with Crippen LogP contribution in [0.1, 0.15) is 50.1 Å². The number of aryl methyl sites for hydroxylation is 1. The molecule has 0 spiro atoms. The van der Waals surface area contributed by atoms with Crippen LogP contribution < -0.4 is 5.32 Å². The topological polar surface area (TPSA) is 55.4 Å². The van der Waals surface area contributed by atoms with E-state index in [1.54, 1.807) is 6.07 Å². The molecule has 1 aromatic carbocycles. The summed E-state index contributed by atoms with van der Waals surface area (Å²) in [5.41, 5.74) is 3.11. The predicted octanol–water partition coefficient (Wildman–Crippen LogP) is 4.22. The van der Waals surface area contributed by atoms with Crippen molar-refractivity contribution in [2.75, 3.05) is 12.4 Å². The molecule has 1 aromatic heterocycles. The number of ether oxygens (including phenoxy) is 1. The number of rotatable bonds is 3. The van der Waals surface area contributed by atoms with Gasteiger partial charge in [0.15, 0.2) is 0 Å². The summed E-state index contributed by atoms with van der Waals surface area (Å²) in [6.07, 6.45) is 2.86. The third-order valence-electron chi connectivity index (χ3n) is 4.52. The zero-order chi connectivity index (χ0) is 17.3. The number of amides is 1. The molecule has 24 heavy (non-hydrogen) atoms. The molecule has 2 aromatic rings. The van der Waals surface area contributed by atoms with Gasteiger partial charge in [0.05, 0.1) is 12.7 Å². The molecule has 1 aliphatic rings. The maximum atomic E-state index is 12.6. The molecular weight excluding hydrogens is 322 g/mol. The van der Waals surface area contributed by atoms with Gasteiger partial charge in [-0.15, -0.1) is 11.3 Å². The first-order valence-corrected chi connectivity index (χ1v) is 8.92. The van der Waals surface area contributed by atoms with Gasteiger partial charge in [0, 0.05) is 10.4 Å². The van der Waals surface area contributed by atoms with E-state index in [9.17, 15) is 9.59 Å². The molecule has 126 valence electrons. The number of thiophene rings is 1. The summed E-state index contributed by atoms with van der Waals surface area (Å²) in [7, 11) is 1.38. The second-order valence-corrected chi connectivity index (χ2v) is 7.42. The van der Waals surface area contributed by atoms with Crippen LogP contribution in [0.3, 0.4) is 0 Å². The van der Waals surface area contributed by atoms with Gasteiger partial charge in [0.1, 0.15) is 5.00 Å². The number of hydrogen-bond acceptors (Lipinski definition) is 4. The molecule has 0 saturated carbocycles. The highest BCUT2D eigenvalue weighted by atomic mass is 32.1. The van der Waals surface area contributed by atoms with Crippen molar-refractivity contribution < 1.29 is 14.3 Å². The van der Waals surface area contributed by atoms with Crippen molar-refractivity contribution in [1.29, 1.82) is 0 Å². The van der Waals surface area contributed by atoms with Crippen LogP contribution in [0.4, 0.5) is 5.00 Å². The van der Waals surface area contributed by atoms with Gasteiger partial charge in [-0.05, 0) is 49.3 Å². The minimum atomic E-state index is -0.373. The Kier molecular flexibility index (Phi) is 4.71. The average molecular weight is 343 g/mol. The zero-order valence-electron chi connectivity index (χ0n) is 14.1. The summed E-state index contributed by atoms with van der Waals surface area (Å²) >= 11 is 1.51. The van der Waals surface area contributed by atoms with Crippen LogP contribution in [0.2, 0.25) is 0 Å². The predicted molar refractivity (Wildman–Crippen MR) is 96.0 cm³/mol. The standard InChI is InChI=1S/C19H21NO3S/c1-11-8-9-14-15(10-11)24-18(16(14)19(22)23-3)20-17(21)13-7-5-4-6-12(13)2/h4-7,11H,8-10H2,1-3H3,(H,20,21). The van der Waals surface area contributed by atoms with E-state index in [0.29, 0.717) is 22.0 Å². The number of benzene rings is 1. The molecule has 0 fully saturated rings. The summed E-state index contributed by atoms with van der Waals surface area (Å²) in [6.45, 7) is 4.11. The van der Waals surface area contributed by atoms with Crippen LogP contribution in [0, 0.1) is 12.8 Å². The number of fused-ring (bicyclic) bond motifs is 1. The van der Waals surface area contributed by atoms with Gasteiger partial charge in [-0.3, -0.25) is 4.79 Å². The van der Waals surface area contributed by atoms with Crippen LogP contribution in [0.5, 0.6) is 0 Å². The van der Waals surface area contributed by atoms with Crippen LogP contribution in [0.25, 0.3) is 0 Å². The van der Waals surface area contributed by atoms with Crippen molar-refractivity contribution in [3.05, 3.63) is 51.4 Å². The Labute approximate surface area is 145 Å². The first-order chi connectivity index (χ1) is 11.5. The third kappa shape index (κ3) is 3.08. The number of methoxy groups -OCH3 is 1. The van der Waals surface area contributed by atoms with Gasteiger partial charge in [-0.1, -0.05) is 25.1 Å². The maximum Gasteiger partial charge on any atom is 0.341 e. The van der Waals surface area contributed by atoms with E-state index in [4.69, 9.17) is 4.74 Å². The van der Waals surface area contributed by atoms with E-state index in [0.717, 1.165) is 30.4 Å². The van der Waals surface area contributed by atoms with E-state index < -0.39 is 0 Å². The normalized spacial score (nSPS) is 16.4. The Morgan fingerprint density at radius 1 is 1.29 bits per heavy atom.